The highest BCUT2D eigenvalue weighted by Crippen LogP contribution is 2.34. The van der Waals surface area contributed by atoms with Crippen molar-refractivity contribution in [2.45, 2.75) is 12.8 Å². The average molecular weight is 419 g/mol. The van der Waals surface area contributed by atoms with Gasteiger partial charge in [0.05, 0.1) is 16.4 Å². The Balaban J connectivity index is 1.96. The summed E-state index contributed by atoms with van der Waals surface area (Å²) < 4.78 is 1.35. The van der Waals surface area contributed by atoms with Crippen molar-refractivity contribution in [2.75, 3.05) is 0 Å². The molecule has 2 aromatic carbocycles. The number of nitrogens with one attached hydrogen (secondary N) is 1. The number of fused-ring (bicyclic) bond motifs is 1. The van der Waals surface area contributed by atoms with E-state index >= 15 is 0 Å². The molecule has 1 N–H and O–H groups in total. The number of benzene rings is 2. The van der Waals surface area contributed by atoms with Crippen LogP contribution < -0.4 is 5.56 Å². The van der Waals surface area contributed by atoms with Crippen LogP contribution in [-0.4, -0.2) is 14.6 Å². The average Bonchev–Trinajstić information content (AvgIpc) is 2.98. The Bertz CT molecular complexity index is 1210. The largest absolute Gasteiger partial charge is 0.339 e. The summed E-state index contributed by atoms with van der Waals surface area (Å²) in [5.74, 6) is 0.441. The number of hydrogen-bond acceptors (Lipinski definition) is 2. The van der Waals surface area contributed by atoms with E-state index in [9.17, 15) is 4.79 Å². The van der Waals surface area contributed by atoms with E-state index in [0.717, 1.165) is 22.3 Å². The quantitative estimate of drug-likeness (QED) is 0.433. The second-order valence-corrected chi connectivity index (χ2v) is 7.31. The molecule has 0 spiro atoms. The van der Waals surface area contributed by atoms with Gasteiger partial charge < -0.3 is 4.98 Å². The minimum Gasteiger partial charge on any atom is -0.339 e. The van der Waals surface area contributed by atoms with E-state index in [2.05, 4.69) is 10.1 Å². The number of rotatable bonds is 3. The van der Waals surface area contributed by atoms with E-state index in [1.807, 2.05) is 37.3 Å². The molecule has 2 heterocycles. The molecule has 2 aromatic heterocycles. The fourth-order valence-corrected chi connectivity index (χ4v) is 3.78. The zero-order valence-corrected chi connectivity index (χ0v) is 16.5. The second-order valence-electron chi connectivity index (χ2n) is 6.20. The topological polar surface area (TPSA) is 50.2 Å². The number of alkyl halides is 1. The van der Waals surface area contributed by atoms with Crippen molar-refractivity contribution in [3.8, 4) is 22.4 Å². The van der Waals surface area contributed by atoms with Crippen molar-refractivity contribution in [3.63, 3.8) is 0 Å². The number of halogens is 3. The minimum absolute atomic E-state index is 0.223. The first-order valence-corrected chi connectivity index (χ1v) is 9.50. The van der Waals surface area contributed by atoms with Gasteiger partial charge in [0.15, 0.2) is 0 Å². The summed E-state index contributed by atoms with van der Waals surface area (Å²) in [6, 6.07) is 14.5. The predicted octanol–water partition coefficient (Wildman–Crippen LogP) is 5.71. The molecule has 0 saturated heterocycles. The Morgan fingerprint density at radius 2 is 1.81 bits per heavy atom. The van der Waals surface area contributed by atoms with Crippen LogP contribution in [0.15, 0.2) is 53.3 Å². The van der Waals surface area contributed by atoms with E-state index in [4.69, 9.17) is 34.8 Å². The Morgan fingerprint density at radius 1 is 1.07 bits per heavy atom. The van der Waals surface area contributed by atoms with Crippen LogP contribution in [0.3, 0.4) is 0 Å². The minimum atomic E-state index is -0.223. The molecule has 4 aromatic rings. The third-order valence-electron chi connectivity index (χ3n) is 4.41. The van der Waals surface area contributed by atoms with Crippen molar-refractivity contribution < 1.29 is 0 Å². The van der Waals surface area contributed by atoms with Crippen molar-refractivity contribution in [1.29, 1.82) is 0 Å². The zero-order valence-electron chi connectivity index (χ0n) is 14.3. The highest BCUT2D eigenvalue weighted by atomic mass is 35.5. The molecule has 27 heavy (non-hydrogen) atoms. The lowest BCUT2D eigenvalue weighted by Gasteiger charge is -2.07. The summed E-state index contributed by atoms with van der Waals surface area (Å²) in [4.78, 5) is 16.0. The van der Waals surface area contributed by atoms with Crippen LogP contribution in [0.2, 0.25) is 10.0 Å². The molecule has 7 heteroatoms. The summed E-state index contributed by atoms with van der Waals surface area (Å²) in [5, 5.41) is 5.42. The van der Waals surface area contributed by atoms with Gasteiger partial charge in [-0.05, 0) is 30.2 Å². The number of aryl methyl sites for hydroxylation is 1. The molecule has 0 fully saturated rings. The molecule has 0 unspecified atom stereocenters. The summed E-state index contributed by atoms with van der Waals surface area (Å²) in [5.41, 5.74) is 5.18. The number of nitrogens with zero attached hydrogens (tertiary/aromatic N) is 2. The molecule has 0 aliphatic heterocycles. The van der Waals surface area contributed by atoms with Gasteiger partial charge in [-0.15, -0.1) is 11.6 Å². The highest BCUT2D eigenvalue weighted by Gasteiger charge is 2.17. The van der Waals surface area contributed by atoms with Gasteiger partial charge in [0, 0.05) is 28.1 Å². The van der Waals surface area contributed by atoms with Gasteiger partial charge in [-0.1, -0.05) is 53.5 Å². The Hall–Kier alpha value is -2.27. The lowest BCUT2D eigenvalue weighted by atomic mass is 10.1. The van der Waals surface area contributed by atoms with Crippen LogP contribution in [0.4, 0.5) is 0 Å². The lowest BCUT2D eigenvalue weighted by molar-refractivity contribution is 0.882. The number of hydrogen-bond donors (Lipinski definition) is 1. The van der Waals surface area contributed by atoms with E-state index in [1.54, 1.807) is 12.1 Å². The van der Waals surface area contributed by atoms with Gasteiger partial charge in [-0.3, -0.25) is 4.79 Å². The second kappa shape index (κ2) is 7.04. The molecule has 0 atom stereocenters. The van der Waals surface area contributed by atoms with Crippen molar-refractivity contribution in [3.05, 3.63) is 80.2 Å². The first-order chi connectivity index (χ1) is 13.0. The highest BCUT2D eigenvalue weighted by molar-refractivity contribution is 6.36. The molecule has 0 bridgehead atoms. The summed E-state index contributed by atoms with van der Waals surface area (Å²) in [6.45, 7) is 1.84. The van der Waals surface area contributed by atoms with E-state index in [1.165, 1.54) is 10.6 Å². The third-order valence-corrected chi connectivity index (χ3v) is 5.27. The first-order valence-electron chi connectivity index (χ1n) is 8.21. The summed E-state index contributed by atoms with van der Waals surface area (Å²) in [7, 11) is 0. The molecule has 0 amide bonds. The van der Waals surface area contributed by atoms with Crippen molar-refractivity contribution in [2.24, 2.45) is 0 Å². The van der Waals surface area contributed by atoms with Crippen LogP contribution in [0.5, 0.6) is 0 Å². The lowest BCUT2D eigenvalue weighted by Crippen LogP contribution is -2.14. The van der Waals surface area contributed by atoms with Crippen molar-refractivity contribution in [1.82, 2.24) is 14.6 Å². The maximum absolute atomic E-state index is 12.6. The molecule has 4 rings (SSSR count). The number of aromatic nitrogens is 3. The van der Waals surface area contributed by atoms with Crippen molar-refractivity contribution >= 4 is 40.4 Å². The first kappa shape index (κ1) is 18.1. The molecule has 0 aliphatic carbocycles. The SMILES string of the molecule is Cc1nn2c(=O)cc(-c3ccc(CCl)cc3)[nH]c2c1-c1ccc(Cl)cc1Cl. The molecular weight excluding hydrogens is 405 g/mol. The molecule has 0 radical (unpaired) electrons. The fraction of sp³-hybridized carbons (Fsp3) is 0.100. The maximum atomic E-state index is 12.6. The van der Waals surface area contributed by atoms with Crippen LogP contribution in [0.25, 0.3) is 28.0 Å². The maximum Gasteiger partial charge on any atom is 0.274 e. The van der Waals surface area contributed by atoms with Crippen LogP contribution in [0.1, 0.15) is 11.3 Å². The number of aromatic amines is 1. The van der Waals surface area contributed by atoms with Crippen LogP contribution in [0, 0.1) is 6.92 Å². The monoisotopic (exact) mass is 417 g/mol. The van der Waals surface area contributed by atoms with Gasteiger partial charge in [-0.25, -0.2) is 0 Å². The number of H-pyrrole nitrogens is 1. The molecule has 136 valence electrons. The normalized spacial score (nSPS) is 11.3. The van der Waals surface area contributed by atoms with Gasteiger partial charge in [0.25, 0.3) is 5.56 Å². The third kappa shape index (κ3) is 3.25. The van der Waals surface area contributed by atoms with Crippen LogP contribution >= 0.6 is 34.8 Å². The van der Waals surface area contributed by atoms with E-state index < -0.39 is 0 Å². The van der Waals surface area contributed by atoms with Gasteiger partial charge in [-0.2, -0.15) is 9.61 Å². The standard InChI is InChI=1S/C20H14Cl3N3O/c1-11-19(15-7-6-14(22)8-16(15)23)20-24-17(9-18(27)26(20)25-11)13-4-2-12(10-21)3-5-13/h2-9,24H,10H2,1H3. The Kier molecular flexibility index (Phi) is 4.72. The summed E-state index contributed by atoms with van der Waals surface area (Å²) >= 11 is 18.3. The Morgan fingerprint density at radius 3 is 2.48 bits per heavy atom. The van der Waals surface area contributed by atoms with Gasteiger partial charge >= 0.3 is 0 Å². The molecule has 0 saturated carbocycles. The zero-order chi connectivity index (χ0) is 19.1. The summed E-state index contributed by atoms with van der Waals surface area (Å²) in [6.07, 6.45) is 0. The van der Waals surface area contributed by atoms with Crippen LogP contribution in [-0.2, 0) is 5.88 Å². The molecule has 0 aliphatic rings. The molecular formula is C20H14Cl3N3O. The fourth-order valence-electron chi connectivity index (χ4n) is 3.09. The van der Waals surface area contributed by atoms with E-state index in [0.29, 0.717) is 33.0 Å². The smallest absolute Gasteiger partial charge is 0.274 e. The Labute approximate surface area is 170 Å². The predicted molar refractivity (Wildman–Crippen MR) is 111 cm³/mol. The molecule has 4 nitrogen and oxygen atoms in total. The van der Waals surface area contributed by atoms with Gasteiger partial charge in [0.1, 0.15) is 5.65 Å². The van der Waals surface area contributed by atoms with Gasteiger partial charge in [0.2, 0.25) is 0 Å². The van der Waals surface area contributed by atoms with E-state index in [-0.39, 0.29) is 5.56 Å².